The van der Waals surface area contributed by atoms with Gasteiger partial charge in [-0.05, 0) is 30.2 Å². The first-order valence-electron chi connectivity index (χ1n) is 7.64. The van der Waals surface area contributed by atoms with Crippen molar-refractivity contribution in [3.63, 3.8) is 0 Å². The van der Waals surface area contributed by atoms with Crippen LogP contribution in [0.3, 0.4) is 0 Å². The first-order chi connectivity index (χ1) is 11.9. The number of nitro groups is 1. The molecule has 0 aliphatic heterocycles. The molecule has 3 aromatic rings. The van der Waals surface area contributed by atoms with Gasteiger partial charge in [-0.15, -0.1) is 0 Å². The number of hydrogen-bond acceptors (Lipinski definition) is 5. The molecule has 0 amide bonds. The molecule has 0 radical (unpaired) electrons. The minimum Gasteiger partial charge on any atom is -0.379 e. The Balaban J connectivity index is 1.83. The molecule has 25 heavy (non-hydrogen) atoms. The van der Waals surface area contributed by atoms with Gasteiger partial charge < -0.3 is 10.3 Å². The molecule has 0 aliphatic carbocycles. The number of aromatic nitrogens is 1. The number of aromatic amines is 1. The van der Waals surface area contributed by atoms with Crippen LogP contribution in [-0.4, -0.2) is 31.1 Å². The lowest BCUT2D eigenvalue weighted by Crippen LogP contribution is -2.10. The van der Waals surface area contributed by atoms with Crippen molar-refractivity contribution in [2.24, 2.45) is 0 Å². The van der Waals surface area contributed by atoms with E-state index in [0.717, 1.165) is 22.7 Å². The number of sulfone groups is 1. The lowest BCUT2D eigenvalue weighted by molar-refractivity contribution is -0.386. The molecular weight excluding hydrogens is 342 g/mol. The molecule has 1 aromatic heterocycles. The monoisotopic (exact) mass is 359 g/mol. The van der Waals surface area contributed by atoms with Crippen molar-refractivity contribution >= 4 is 32.1 Å². The van der Waals surface area contributed by atoms with Crippen LogP contribution >= 0.6 is 0 Å². The summed E-state index contributed by atoms with van der Waals surface area (Å²) in [5.41, 5.74) is 1.91. The van der Waals surface area contributed by atoms with Crippen LogP contribution in [0.5, 0.6) is 0 Å². The number of anilines is 1. The third-order valence-corrected chi connectivity index (χ3v) is 5.09. The van der Waals surface area contributed by atoms with Crippen molar-refractivity contribution in [2.45, 2.75) is 11.3 Å². The summed E-state index contributed by atoms with van der Waals surface area (Å²) in [7, 11) is -3.68. The number of nitrogens with zero attached hydrogens (tertiary/aromatic N) is 1. The Bertz CT molecular complexity index is 1040. The van der Waals surface area contributed by atoms with Crippen molar-refractivity contribution in [1.29, 1.82) is 0 Å². The van der Waals surface area contributed by atoms with Gasteiger partial charge in [0.05, 0.1) is 4.92 Å². The van der Waals surface area contributed by atoms with E-state index in [1.54, 1.807) is 0 Å². The number of fused-ring (bicyclic) bond motifs is 1. The third-order valence-electron chi connectivity index (χ3n) is 3.97. The molecule has 130 valence electrons. The first kappa shape index (κ1) is 17.0. The molecule has 0 fully saturated rings. The number of rotatable bonds is 6. The number of nitrogens with one attached hydrogen (secondary N) is 2. The standard InChI is InChI=1S/C17H17N3O4S/c1-25(23,24)16-8-4-7-15(17(16)20(21)22)18-10-9-12-11-19-14-6-3-2-5-13(12)14/h2-8,11,18-19H,9-10H2,1H3. The summed E-state index contributed by atoms with van der Waals surface area (Å²) in [5, 5.41) is 15.4. The highest BCUT2D eigenvalue weighted by atomic mass is 32.2. The molecule has 0 bridgehead atoms. The summed E-state index contributed by atoms with van der Waals surface area (Å²) in [6.07, 6.45) is 3.52. The van der Waals surface area contributed by atoms with Gasteiger partial charge in [0.1, 0.15) is 10.6 Å². The van der Waals surface area contributed by atoms with Gasteiger partial charge in [-0.1, -0.05) is 24.3 Å². The van der Waals surface area contributed by atoms with Crippen LogP contribution < -0.4 is 5.32 Å². The third kappa shape index (κ3) is 3.48. The predicted molar refractivity (Wildman–Crippen MR) is 96.7 cm³/mol. The van der Waals surface area contributed by atoms with E-state index >= 15 is 0 Å². The van der Waals surface area contributed by atoms with E-state index in [4.69, 9.17) is 0 Å². The van der Waals surface area contributed by atoms with Crippen LogP contribution in [0, 0.1) is 10.1 Å². The van der Waals surface area contributed by atoms with Crippen molar-refractivity contribution in [1.82, 2.24) is 4.98 Å². The van der Waals surface area contributed by atoms with Gasteiger partial charge >= 0.3 is 5.69 Å². The highest BCUT2D eigenvalue weighted by Crippen LogP contribution is 2.32. The zero-order chi connectivity index (χ0) is 18.0. The van der Waals surface area contributed by atoms with Crippen LogP contribution in [0.1, 0.15) is 5.56 Å². The maximum absolute atomic E-state index is 11.8. The van der Waals surface area contributed by atoms with Gasteiger partial charge in [-0.2, -0.15) is 0 Å². The molecule has 0 atom stereocenters. The number of hydrogen-bond donors (Lipinski definition) is 2. The van der Waals surface area contributed by atoms with Gasteiger partial charge in [0, 0.05) is 29.9 Å². The van der Waals surface area contributed by atoms with Crippen molar-refractivity contribution in [2.75, 3.05) is 18.1 Å². The predicted octanol–water partition coefficient (Wildman–Crippen LogP) is 3.13. The smallest absolute Gasteiger partial charge is 0.310 e. The fourth-order valence-electron chi connectivity index (χ4n) is 2.82. The number of nitro benzene ring substituents is 1. The summed E-state index contributed by atoms with van der Waals surface area (Å²) in [6, 6.07) is 12.1. The van der Waals surface area contributed by atoms with E-state index in [1.165, 1.54) is 18.2 Å². The Morgan fingerprint density at radius 1 is 1.16 bits per heavy atom. The Morgan fingerprint density at radius 2 is 1.92 bits per heavy atom. The molecule has 0 saturated heterocycles. The summed E-state index contributed by atoms with van der Waals surface area (Å²) in [4.78, 5) is 13.6. The van der Waals surface area contributed by atoms with E-state index in [-0.39, 0.29) is 10.6 Å². The Labute approximate surface area is 144 Å². The van der Waals surface area contributed by atoms with E-state index in [2.05, 4.69) is 10.3 Å². The molecule has 0 unspecified atom stereocenters. The second-order valence-electron chi connectivity index (χ2n) is 5.72. The molecule has 2 N–H and O–H groups in total. The fraction of sp³-hybridized carbons (Fsp3) is 0.176. The topological polar surface area (TPSA) is 105 Å². The Morgan fingerprint density at radius 3 is 2.64 bits per heavy atom. The van der Waals surface area contributed by atoms with Crippen molar-refractivity contribution in [3.8, 4) is 0 Å². The van der Waals surface area contributed by atoms with Gasteiger partial charge in [-0.3, -0.25) is 10.1 Å². The van der Waals surface area contributed by atoms with E-state index in [1.807, 2.05) is 30.5 Å². The summed E-state index contributed by atoms with van der Waals surface area (Å²) in [5.74, 6) is 0. The molecule has 1 heterocycles. The van der Waals surface area contributed by atoms with Crippen molar-refractivity contribution in [3.05, 3.63) is 64.3 Å². The summed E-state index contributed by atoms with van der Waals surface area (Å²) >= 11 is 0. The molecule has 0 aliphatic rings. The second kappa shape index (κ2) is 6.56. The van der Waals surface area contributed by atoms with Crippen LogP contribution in [0.15, 0.2) is 53.6 Å². The van der Waals surface area contributed by atoms with Gasteiger partial charge in [0.15, 0.2) is 9.84 Å². The Hall–Kier alpha value is -2.87. The van der Waals surface area contributed by atoms with E-state index in [0.29, 0.717) is 13.0 Å². The van der Waals surface area contributed by atoms with Crippen LogP contribution in [-0.2, 0) is 16.3 Å². The summed E-state index contributed by atoms with van der Waals surface area (Å²) in [6.45, 7) is 0.440. The maximum Gasteiger partial charge on any atom is 0.310 e. The number of H-pyrrole nitrogens is 1. The second-order valence-corrected chi connectivity index (χ2v) is 7.70. The zero-order valence-electron chi connectivity index (χ0n) is 13.5. The molecule has 2 aromatic carbocycles. The highest BCUT2D eigenvalue weighted by molar-refractivity contribution is 7.90. The molecule has 0 saturated carbocycles. The van der Waals surface area contributed by atoms with Gasteiger partial charge in [0.2, 0.25) is 0 Å². The molecule has 0 spiro atoms. The van der Waals surface area contributed by atoms with E-state index in [9.17, 15) is 18.5 Å². The average Bonchev–Trinajstić information content (AvgIpc) is 2.97. The normalized spacial score (nSPS) is 11.6. The lowest BCUT2D eigenvalue weighted by atomic mass is 10.1. The largest absolute Gasteiger partial charge is 0.379 e. The highest BCUT2D eigenvalue weighted by Gasteiger charge is 2.25. The maximum atomic E-state index is 11.8. The summed E-state index contributed by atoms with van der Waals surface area (Å²) < 4.78 is 23.6. The molecule has 7 nitrogen and oxygen atoms in total. The van der Waals surface area contributed by atoms with Gasteiger partial charge in [0.25, 0.3) is 0 Å². The van der Waals surface area contributed by atoms with Crippen molar-refractivity contribution < 1.29 is 13.3 Å². The van der Waals surface area contributed by atoms with Crippen LogP contribution in [0.2, 0.25) is 0 Å². The zero-order valence-corrected chi connectivity index (χ0v) is 14.3. The van der Waals surface area contributed by atoms with E-state index < -0.39 is 20.4 Å². The Kier molecular flexibility index (Phi) is 4.45. The quantitative estimate of drug-likeness (QED) is 0.520. The number of benzene rings is 2. The average molecular weight is 359 g/mol. The fourth-order valence-corrected chi connectivity index (χ4v) is 3.68. The van der Waals surface area contributed by atoms with Gasteiger partial charge in [-0.25, -0.2) is 8.42 Å². The molecule has 3 rings (SSSR count). The minimum absolute atomic E-state index is 0.202. The molecular formula is C17H17N3O4S. The lowest BCUT2D eigenvalue weighted by Gasteiger charge is -2.09. The van der Waals surface area contributed by atoms with Crippen LogP contribution in [0.25, 0.3) is 10.9 Å². The van der Waals surface area contributed by atoms with Crippen LogP contribution in [0.4, 0.5) is 11.4 Å². The first-order valence-corrected chi connectivity index (χ1v) is 9.53. The molecule has 8 heteroatoms. The SMILES string of the molecule is CS(=O)(=O)c1cccc(NCCc2c[nH]c3ccccc23)c1[N+](=O)[O-]. The minimum atomic E-state index is -3.68. The number of para-hydroxylation sites is 2.